The lowest BCUT2D eigenvalue weighted by Gasteiger charge is -2.18. The van der Waals surface area contributed by atoms with Crippen LogP contribution in [0.25, 0.3) is 0 Å². The highest BCUT2D eigenvalue weighted by Gasteiger charge is 2.09. The first kappa shape index (κ1) is 10.6. The fourth-order valence-electron chi connectivity index (χ4n) is 0.508. The lowest BCUT2D eigenvalue weighted by Crippen LogP contribution is -2.68. The van der Waals surface area contributed by atoms with Crippen molar-refractivity contribution in [2.75, 3.05) is 12.8 Å². The molecule has 11 heavy (non-hydrogen) atoms. The molecule has 0 aliphatic carbocycles. The summed E-state index contributed by atoms with van der Waals surface area (Å²) in [7, 11) is -3.34. The van der Waals surface area contributed by atoms with Gasteiger partial charge in [-0.1, -0.05) is 0 Å². The van der Waals surface area contributed by atoms with E-state index in [1.165, 1.54) is 0 Å². The van der Waals surface area contributed by atoms with E-state index in [-0.39, 0.29) is 12.6 Å². The maximum atomic E-state index is 10.5. The van der Waals surface area contributed by atoms with Gasteiger partial charge in [0.1, 0.15) is 6.04 Å². The second-order valence-electron chi connectivity index (χ2n) is 2.54. The van der Waals surface area contributed by atoms with Gasteiger partial charge in [0.25, 0.3) is 0 Å². The summed E-state index contributed by atoms with van der Waals surface area (Å²) in [6, 6.07) is -0.933. The summed E-state index contributed by atoms with van der Waals surface area (Å²) in [6.07, 6.45) is -0.102. The van der Waals surface area contributed by atoms with Gasteiger partial charge in [-0.15, -0.1) is 0 Å². The summed E-state index contributed by atoms with van der Waals surface area (Å²) in [5.74, 6) is -1.31. The number of quaternary nitrogens is 1. The van der Waals surface area contributed by atoms with E-state index in [0.717, 1.165) is 6.66 Å². The number of aliphatic carboxylic acids is 1. The molecule has 0 amide bonds. The van der Waals surface area contributed by atoms with Crippen LogP contribution >= 0.6 is 7.37 Å². The van der Waals surface area contributed by atoms with Crippen LogP contribution < -0.4 is 15.7 Å². The molecule has 0 heterocycles. The summed E-state index contributed by atoms with van der Waals surface area (Å²) < 4.78 is 10.5. The average Bonchev–Trinajstić information content (AvgIpc) is 1.80. The van der Waals surface area contributed by atoms with Crippen LogP contribution in [0, 0.1) is 0 Å². The number of carbonyl (C=O) groups excluding carboxylic acids is 1. The van der Waals surface area contributed by atoms with Gasteiger partial charge in [-0.25, -0.2) is 0 Å². The second-order valence-corrected chi connectivity index (χ2v) is 5.02. The van der Waals surface area contributed by atoms with Gasteiger partial charge in [0.05, 0.1) is 5.97 Å². The van der Waals surface area contributed by atoms with Gasteiger partial charge in [-0.05, 0) is 12.8 Å². The van der Waals surface area contributed by atoms with E-state index < -0.39 is 19.4 Å². The zero-order chi connectivity index (χ0) is 9.07. The van der Waals surface area contributed by atoms with Crippen molar-refractivity contribution < 1.29 is 25.1 Å². The van der Waals surface area contributed by atoms with Crippen molar-refractivity contribution in [3.05, 3.63) is 0 Å². The van der Waals surface area contributed by atoms with Gasteiger partial charge < -0.3 is 25.1 Å². The molecule has 0 aliphatic heterocycles. The lowest BCUT2D eigenvalue weighted by molar-refractivity contribution is -0.437. The second kappa shape index (κ2) is 3.85. The Balaban J connectivity index is 3.72. The van der Waals surface area contributed by atoms with Crippen LogP contribution in [0.1, 0.15) is 6.42 Å². The largest absolute Gasteiger partial charge is 0.799 e. The number of hydrogen-bond acceptors (Lipinski definition) is 4. The molecular formula is C5H11NO4P-. The Morgan fingerprint density at radius 2 is 2.18 bits per heavy atom. The maximum absolute atomic E-state index is 10.5. The van der Waals surface area contributed by atoms with E-state index in [4.69, 9.17) is 0 Å². The number of hydrogen-bond donors (Lipinski definition) is 1. The van der Waals surface area contributed by atoms with Gasteiger partial charge in [0.15, 0.2) is 0 Å². The monoisotopic (exact) mass is 180 g/mol. The Kier molecular flexibility index (Phi) is 3.72. The zero-order valence-corrected chi connectivity index (χ0v) is 7.17. The first-order valence-corrected chi connectivity index (χ1v) is 5.40. The molecule has 0 spiro atoms. The summed E-state index contributed by atoms with van der Waals surface area (Å²) in [6.45, 7) is 1.08. The van der Waals surface area contributed by atoms with Crippen LogP contribution in [-0.2, 0) is 9.36 Å². The topological polar surface area (TPSA) is 108 Å². The number of rotatable bonds is 4. The summed E-state index contributed by atoms with van der Waals surface area (Å²) in [5, 5.41) is 10.1. The van der Waals surface area contributed by atoms with Gasteiger partial charge in [-0.3, -0.25) is 0 Å². The molecule has 66 valence electrons. The molecule has 0 aromatic heterocycles. The van der Waals surface area contributed by atoms with E-state index in [0.29, 0.717) is 0 Å². The van der Waals surface area contributed by atoms with Crippen molar-refractivity contribution in [3.63, 3.8) is 0 Å². The Morgan fingerprint density at radius 1 is 1.73 bits per heavy atom. The van der Waals surface area contributed by atoms with Crippen molar-refractivity contribution in [2.24, 2.45) is 0 Å². The molecule has 0 radical (unpaired) electrons. The highest BCUT2D eigenvalue weighted by molar-refractivity contribution is 7.55. The van der Waals surface area contributed by atoms with Crippen LogP contribution in [0.5, 0.6) is 0 Å². The number of carbonyl (C=O) groups is 1. The average molecular weight is 180 g/mol. The Hall–Kier alpha value is -0.380. The van der Waals surface area contributed by atoms with Crippen LogP contribution in [0.4, 0.5) is 0 Å². The maximum Gasteiger partial charge on any atom is 0.125 e. The molecule has 6 heteroatoms. The highest BCUT2D eigenvalue weighted by atomic mass is 31.2. The SMILES string of the molecule is CP(=O)([O-])CC[C@@H]([NH3+])C(=O)[O-]. The fraction of sp³-hybridized carbons (Fsp3) is 0.800. The van der Waals surface area contributed by atoms with Crippen molar-refractivity contribution >= 4 is 13.3 Å². The van der Waals surface area contributed by atoms with E-state index in [9.17, 15) is 19.4 Å². The third-order valence-electron chi connectivity index (χ3n) is 1.22. The molecule has 5 nitrogen and oxygen atoms in total. The molecule has 0 bridgehead atoms. The molecule has 0 aromatic rings. The molecule has 0 aromatic carbocycles. The van der Waals surface area contributed by atoms with E-state index in [1.807, 2.05) is 0 Å². The fourth-order valence-corrected chi connectivity index (χ4v) is 1.29. The van der Waals surface area contributed by atoms with E-state index >= 15 is 0 Å². The Morgan fingerprint density at radius 3 is 2.45 bits per heavy atom. The normalized spacial score (nSPS) is 18.8. The third-order valence-corrected chi connectivity index (χ3v) is 2.29. The summed E-state index contributed by atoms with van der Waals surface area (Å²) in [5.41, 5.74) is 3.22. The van der Waals surface area contributed by atoms with Crippen LogP contribution in [0.15, 0.2) is 0 Å². The molecule has 0 saturated heterocycles. The summed E-state index contributed by atoms with van der Waals surface area (Å²) in [4.78, 5) is 20.6. The number of carboxylic acid groups (broad SMARTS) is 1. The molecule has 0 fully saturated rings. The predicted molar refractivity (Wildman–Crippen MR) is 34.7 cm³/mol. The highest BCUT2D eigenvalue weighted by Crippen LogP contribution is 2.30. The van der Waals surface area contributed by atoms with Crippen LogP contribution in [0.3, 0.4) is 0 Å². The standard InChI is InChI=1S/C5H12NO4P/c1-11(9,10)3-2-4(6)5(7)8/h4H,2-3,6H2,1H3,(H,7,8)(H,9,10)/p-1/t4-/m1/s1. The molecular weight excluding hydrogens is 169 g/mol. The quantitative estimate of drug-likeness (QED) is 0.465. The lowest BCUT2D eigenvalue weighted by atomic mass is 10.2. The minimum absolute atomic E-state index is 0.0274. The van der Waals surface area contributed by atoms with Crippen LogP contribution in [0.2, 0.25) is 0 Å². The Labute approximate surface area is 64.7 Å². The zero-order valence-electron chi connectivity index (χ0n) is 6.28. The molecule has 2 atom stereocenters. The first-order chi connectivity index (χ1) is 4.83. The molecule has 0 rings (SSSR count). The van der Waals surface area contributed by atoms with Crippen molar-refractivity contribution in [1.29, 1.82) is 0 Å². The van der Waals surface area contributed by atoms with Gasteiger partial charge >= 0.3 is 0 Å². The molecule has 1 unspecified atom stereocenters. The molecule has 0 aliphatic rings. The predicted octanol–water partition coefficient (Wildman–Crippen LogP) is -2.99. The molecule has 0 saturated carbocycles. The first-order valence-electron chi connectivity index (χ1n) is 3.14. The summed E-state index contributed by atoms with van der Waals surface area (Å²) >= 11 is 0. The van der Waals surface area contributed by atoms with Gasteiger partial charge in [0.2, 0.25) is 0 Å². The van der Waals surface area contributed by atoms with Crippen molar-refractivity contribution in [1.82, 2.24) is 0 Å². The van der Waals surface area contributed by atoms with Crippen molar-refractivity contribution in [2.45, 2.75) is 12.5 Å². The van der Waals surface area contributed by atoms with Crippen LogP contribution in [-0.4, -0.2) is 24.8 Å². The number of carboxylic acids is 1. The minimum Gasteiger partial charge on any atom is -0.799 e. The van der Waals surface area contributed by atoms with E-state index in [1.54, 1.807) is 0 Å². The minimum atomic E-state index is -3.34. The Bertz CT molecular complexity index is 187. The van der Waals surface area contributed by atoms with E-state index in [2.05, 4.69) is 5.73 Å². The smallest absolute Gasteiger partial charge is 0.125 e. The molecule has 3 N–H and O–H groups in total. The third kappa shape index (κ3) is 6.04. The van der Waals surface area contributed by atoms with Gasteiger partial charge in [0, 0.05) is 13.8 Å². The van der Waals surface area contributed by atoms with Crippen molar-refractivity contribution in [3.8, 4) is 0 Å². The van der Waals surface area contributed by atoms with Gasteiger partial charge in [-0.2, -0.15) is 0 Å².